The third-order valence-electron chi connectivity index (χ3n) is 3.57. The molecule has 1 atom stereocenters. The van der Waals surface area contributed by atoms with Crippen LogP contribution in [0.4, 0.5) is 17.2 Å². The number of nitrogens with zero attached hydrogens (tertiary/aromatic N) is 1. The van der Waals surface area contributed by atoms with Crippen LogP contribution in [0, 0.1) is 12.8 Å². The first-order chi connectivity index (χ1) is 11.8. The Kier molecular flexibility index (Phi) is 5.63. The molecule has 0 fully saturated rings. The van der Waals surface area contributed by atoms with Crippen LogP contribution in [0.5, 0.6) is 0 Å². The van der Waals surface area contributed by atoms with Crippen LogP contribution in [-0.2, 0) is 4.79 Å². The summed E-state index contributed by atoms with van der Waals surface area (Å²) in [4.78, 5) is 23.3. The Bertz CT molecular complexity index is 769. The normalized spacial score (nSPS) is 12.0. The second-order valence-electron chi connectivity index (χ2n) is 6.30. The van der Waals surface area contributed by atoms with Gasteiger partial charge in [-0.2, -0.15) is 0 Å². The Balaban J connectivity index is 2.29. The van der Waals surface area contributed by atoms with Crippen molar-refractivity contribution in [3.63, 3.8) is 0 Å². The number of hydrogen-bond acceptors (Lipinski definition) is 6. The first-order valence-electron chi connectivity index (χ1n) is 7.96. The predicted octanol–water partition coefficient (Wildman–Crippen LogP) is 2.14. The summed E-state index contributed by atoms with van der Waals surface area (Å²) in [5, 5.41) is 9.93. The summed E-state index contributed by atoms with van der Waals surface area (Å²) >= 11 is 0. The van der Waals surface area contributed by atoms with Crippen molar-refractivity contribution in [3.05, 3.63) is 35.6 Å². The number of aryl methyl sites for hydroxylation is 1. The summed E-state index contributed by atoms with van der Waals surface area (Å²) in [5.41, 5.74) is 12.3. The molecule has 2 rings (SSSR count). The van der Waals surface area contributed by atoms with Crippen LogP contribution in [0.25, 0.3) is 0 Å². The molecule has 0 aliphatic carbocycles. The van der Waals surface area contributed by atoms with Gasteiger partial charge in [0.25, 0.3) is 5.91 Å². The maximum absolute atomic E-state index is 11.6. The third kappa shape index (κ3) is 4.97. The Morgan fingerprint density at radius 3 is 2.48 bits per heavy atom. The number of amides is 2. The second-order valence-corrected chi connectivity index (χ2v) is 6.30. The SMILES string of the molecule is Cc1cc(Nc2cc(NC(CC(C)C)C(N)=O)ccc2C(N)=O)no1. The number of anilines is 3. The number of aromatic nitrogens is 1. The molecule has 1 unspecified atom stereocenters. The molecule has 8 nitrogen and oxygen atoms in total. The molecular formula is C17H23N5O3. The molecule has 0 aliphatic rings. The molecule has 2 amide bonds. The maximum Gasteiger partial charge on any atom is 0.250 e. The molecule has 134 valence electrons. The van der Waals surface area contributed by atoms with Gasteiger partial charge in [0.15, 0.2) is 5.82 Å². The van der Waals surface area contributed by atoms with Crippen molar-refractivity contribution in [2.24, 2.45) is 17.4 Å². The van der Waals surface area contributed by atoms with Crippen molar-refractivity contribution in [2.75, 3.05) is 10.6 Å². The number of benzene rings is 1. The lowest BCUT2D eigenvalue weighted by atomic mass is 10.0. The highest BCUT2D eigenvalue weighted by molar-refractivity contribution is 6.00. The van der Waals surface area contributed by atoms with Crippen LogP contribution in [0.1, 0.15) is 36.4 Å². The summed E-state index contributed by atoms with van der Waals surface area (Å²) in [6.45, 7) is 5.77. The van der Waals surface area contributed by atoms with Gasteiger partial charge in [-0.25, -0.2) is 0 Å². The highest BCUT2D eigenvalue weighted by atomic mass is 16.5. The first-order valence-corrected chi connectivity index (χ1v) is 7.96. The van der Waals surface area contributed by atoms with Gasteiger partial charge in [0.05, 0.1) is 11.3 Å². The number of carbonyl (C=O) groups is 2. The van der Waals surface area contributed by atoms with Crippen molar-refractivity contribution in [3.8, 4) is 0 Å². The van der Waals surface area contributed by atoms with Gasteiger partial charge < -0.3 is 26.6 Å². The Morgan fingerprint density at radius 1 is 1.24 bits per heavy atom. The van der Waals surface area contributed by atoms with E-state index < -0.39 is 17.9 Å². The third-order valence-corrected chi connectivity index (χ3v) is 3.57. The average molecular weight is 345 g/mol. The van der Waals surface area contributed by atoms with E-state index in [0.29, 0.717) is 40.9 Å². The van der Waals surface area contributed by atoms with E-state index >= 15 is 0 Å². The lowest BCUT2D eigenvalue weighted by Crippen LogP contribution is -2.36. The van der Waals surface area contributed by atoms with Crippen molar-refractivity contribution < 1.29 is 14.1 Å². The number of hydrogen-bond donors (Lipinski definition) is 4. The van der Waals surface area contributed by atoms with Gasteiger partial charge in [-0.3, -0.25) is 9.59 Å². The van der Waals surface area contributed by atoms with Crippen molar-refractivity contribution in [1.82, 2.24) is 5.16 Å². The molecule has 1 aromatic heterocycles. The Morgan fingerprint density at radius 2 is 1.96 bits per heavy atom. The van der Waals surface area contributed by atoms with E-state index in [1.807, 2.05) is 13.8 Å². The largest absolute Gasteiger partial charge is 0.374 e. The van der Waals surface area contributed by atoms with Crippen LogP contribution in [0.2, 0.25) is 0 Å². The Hall–Kier alpha value is -3.03. The van der Waals surface area contributed by atoms with Crippen molar-refractivity contribution in [1.29, 1.82) is 0 Å². The van der Waals surface area contributed by atoms with Crippen LogP contribution in [0.3, 0.4) is 0 Å². The standard InChI is InChI=1S/C17H23N5O3/c1-9(2)6-14(17(19)24)20-11-4-5-12(16(18)23)13(8-11)21-15-7-10(3)25-22-15/h4-5,7-9,14,20H,6H2,1-3H3,(H2,18,23)(H2,19,24)(H,21,22). The number of rotatable bonds is 8. The minimum Gasteiger partial charge on any atom is -0.374 e. The average Bonchev–Trinajstić information content (AvgIpc) is 2.91. The zero-order valence-electron chi connectivity index (χ0n) is 14.5. The van der Waals surface area contributed by atoms with Crippen molar-refractivity contribution in [2.45, 2.75) is 33.2 Å². The highest BCUT2D eigenvalue weighted by Crippen LogP contribution is 2.25. The van der Waals surface area contributed by atoms with Crippen LogP contribution >= 0.6 is 0 Å². The van der Waals surface area contributed by atoms with Gasteiger partial charge in [-0.15, -0.1) is 0 Å². The quantitative estimate of drug-likeness (QED) is 0.578. The molecule has 2 aromatic rings. The van der Waals surface area contributed by atoms with Crippen molar-refractivity contribution >= 4 is 29.0 Å². The van der Waals surface area contributed by atoms with Gasteiger partial charge >= 0.3 is 0 Å². The zero-order valence-corrected chi connectivity index (χ0v) is 14.5. The molecule has 1 heterocycles. The summed E-state index contributed by atoms with van der Waals surface area (Å²) < 4.78 is 5.00. The van der Waals surface area contributed by atoms with E-state index in [1.165, 1.54) is 0 Å². The van der Waals surface area contributed by atoms with Gasteiger partial charge in [-0.05, 0) is 37.5 Å². The monoisotopic (exact) mass is 345 g/mol. The summed E-state index contributed by atoms with van der Waals surface area (Å²) in [6, 6.07) is 6.11. The molecule has 25 heavy (non-hydrogen) atoms. The van der Waals surface area contributed by atoms with E-state index in [1.54, 1.807) is 31.2 Å². The number of nitrogens with two attached hydrogens (primary N) is 2. The fourth-order valence-electron chi connectivity index (χ4n) is 2.43. The minimum absolute atomic E-state index is 0.297. The highest BCUT2D eigenvalue weighted by Gasteiger charge is 2.18. The fourth-order valence-corrected chi connectivity index (χ4v) is 2.43. The molecule has 1 aromatic carbocycles. The molecule has 0 saturated carbocycles. The lowest BCUT2D eigenvalue weighted by molar-refractivity contribution is -0.119. The van der Waals surface area contributed by atoms with Crippen LogP contribution in [-0.4, -0.2) is 23.0 Å². The molecule has 8 heteroatoms. The van der Waals surface area contributed by atoms with Gasteiger partial charge in [0.2, 0.25) is 5.91 Å². The van der Waals surface area contributed by atoms with Gasteiger partial charge in [0.1, 0.15) is 11.8 Å². The first kappa shape index (κ1) is 18.3. The zero-order chi connectivity index (χ0) is 18.6. The van der Waals surface area contributed by atoms with Gasteiger partial charge in [0, 0.05) is 11.8 Å². The molecule has 0 radical (unpaired) electrons. The predicted molar refractivity (Wildman–Crippen MR) is 95.5 cm³/mol. The van der Waals surface area contributed by atoms with Gasteiger partial charge in [-0.1, -0.05) is 19.0 Å². The molecule has 0 bridgehead atoms. The Labute approximate surface area is 145 Å². The second kappa shape index (κ2) is 7.69. The number of primary amides is 2. The van der Waals surface area contributed by atoms with E-state index in [2.05, 4.69) is 15.8 Å². The summed E-state index contributed by atoms with van der Waals surface area (Å²) in [5.74, 6) is 0.358. The molecule has 0 saturated heterocycles. The lowest BCUT2D eigenvalue weighted by Gasteiger charge is -2.19. The van der Waals surface area contributed by atoms with Crippen LogP contribution < -0.4 is 22.1 Å². The van der Waals surface area contributed by atoms with E-state index in [4.69, 9.17) is 16.0 Å². The summed E-state index contributed by atoms with van der Waals surface area (Å²) in [7, 11) is 0. The summed E-state index contributed by atoms with van der Waals surface area (Å²) in [6.07, 6.45) is 0.595. The molecule has 0 spiro atoms. The van der Waals surface area contributed by atoms with E-state index in [-0.39, 0.29) is 0 Å². The maximum atomic E-state index is 11.6. The van der Waals surface area contributed by atoms with E-state index in [9.17, 15) is 9.59 Å². The molecule has 6 N–H and O–H groups in total. The smallest absolute Gasteiger partial charge is 0.250 e. The molecule has 0 aliphatic heterocycles. The van der Waals surface area contributed by atoms with Crippen LogP contribution in [0.15, 0.2) is 28.8 Å². The fraction of sp³-hybridized carbons (Fsp3) is 0.353. The minimum atomic E-state index is -0.581. The van der Waals surface area contributed by atoms with E-state index in [0.717, 1.165) is 0 Å². The molecular weight excluding hydrogens is 322 g/mol. The number of nitrogens with one attached hydrogen (secondary N) is 2. The topological polar surface area (TPSA) is 136 Å². The number of carbonyl (C=O) groups excluding carboxylic acids is 2.